The molecule has 0 amide bonds. The molecule has 3 aromatic carbocycles. The highest BCUT2D eigenvalue weighted by Gasteiger charge is 2.51. The zero-order chi connectivity index (χ0) is 24.9. The van der Waals surface area contributed by atoms with Crippen LogP contribution in [0.2, 0.25) is 0 Å². The summed E-state index contributed by atoms with van der Waals surface area (Å²) in [6.07, 6.45) is 3.58. The standard InChI is InChI=1S/C30H28BN3O2/c1-29(2)30(3,4)36-31(35-29)24-12-8-11-23(19-24)28-26-20-22(21-9-6-5-7-10-21)13-14-27(26)34(33-28)25-15-17-32-18-16-25/h5-20H,1-4H3. The number of aromatic nitrogens is 3. The maximum absolute atomic E-state index is 6.33. The van der Waals surface area contributed by atoms with Gasteiger partial charge in [-0.3, -0.25) is 4.98 Å². The molecule has 3 heterocycles. The van der Waals surface area contributed by atoms with E-state index < -0.39 is 18.3 Å². The largest absolute Gasteiger partial charge is 0.494 e. The minimum atomic E-state index is -0.427. The van der Waals surface area contributed by atoms with Crippen molar-refractivity contribution in [3.8, 4) is 28.1 Å². The van der Waals surface area contributed by atoms with Gasteiger partial charge in [-0.25, -0.2) is 4.68 Å². The average Bonchev–Trinajstić information content (AvgIpc) is 3.38. The summed E-state index contributed by atoms with van der Waals surface area (Å²) in [6, 6.07) is 29.3. The number of rotatable bonds is 4. The Morgan fingerprint density at radius 3 is 2.11 bits per heavy atom. The van der Waals surface area contributed by atoms with Crippen LogP contribution in [-0.2, 0) is 9.31 Å². The Hall–Kier alpha value is -3.74. The fourth-order valence-electron chi connectivity index (χ4n) is 4.64. The van der Waals surface area contributed by atoms with Crippen LogP contribution in [0, 0.1) is 0 Å². The smallest absolute Gasteiger partial charge is 0.399 e. The van der Waals surface area contributed by atoms with Gasteiger partial charge in [-0.05, 0) is 68.6 Å². The molecule has 1 saturated heterocycles. The van der Waals surface area contributed by atoms with Crippen molar-refractivity contribution in [2.24, 2.45) is 0 Å². The number of hydrogen-bond acceptors (Lipinski definition) is 4. The summed E-state index contributed by atoms with van der Waals surface area (Å²) < 4.78 is 14.6. The molecule has 1 aliphatic heterocycles. The summed E-state index contributed by atoms with van der Waals surface area (Å²) in [4.78, 5) is 4.18. The minimum Gasteiger partial charge on any atom is -0.399 e. The minimum absolute atomic E-state index is 0.395. The van der Waals surface area contributed by atoms with Gasteiger partial charge in [0.1, 0.15) is 5.69 Å². The first-order valence-corrected chi connectivity index (χ1v) is 12.3. The third kappa shape index (κ3) is 3.83. The van der Waals surface area contributed by atoms with E-state index in [1.165, 1.54) is 5.56 Å². The molecular formula is C30H28BN3O2. The molecule has 1 fully saturated rings. The van der Waals surface area contributed by atoms with E-state index in [0.29, 0.717) is 0 Å². The van der Waals surface area contributed by atoms with Crippen LogP contribution >= 0.6 is 0 Å². The molecule has 178 valence electrons. The van der Waals surface area contributed by atoms with Crippen LogP contribution in [-0.4, -0.2) is 33.1 Å². The third-order valence-electron chi connectivity index (χ3n) is 7.38. The summed E-state index contributed by atoms with van der Waals surface area (Å²) in [6.45, 7) is 8.30. The van der Waals surface area contributed by atoms with Gasteiger partial charge in [0.2, 0.25) is 0 Å². The summed E-state index contributed by atoms with van der Waals surface area (Å²) >= 11 is 0. The van der Waals surface area contributed by atoms with Gasteiger partial charge in [0.15, 0.2) is 0 Å². The van der Waals surface area contributed by atoms with Crippen molar-refractivity contribution in [3.05, 3.63) is 97.3 Å². The third-order valence-corrected chi connectivity index (χ3v) is 7.38. The van der Waals surface area contributed by atoms with Crippen molar-refractivity contribution in [2.75, 3.05) is 0 Å². The molecule has 0 N–H and O–H groups in total. The quantitative estimate of drug-likeness (QED) is 0.298. The van der Waals surface area contributed by atoms with Crippen molar-refractivity contribution < 1.29 is 9.31 Å². The van der Waals surface area contributed by atoms with E-state index in [-0.39, 0.29) is 0 Å². The van der Waals surface area contributed by atoms with Gasteiger partial charge in [0.25, 0.3) is 0 Å². The van der Waals surface area contributed by atoms with E-state index in [0.717, 1.165) is 38.9 Å². The summed E-state index contributed by atoms with van der Waals surface area (Å²) in [5, 5.41) is 6.18. The fourth-order valence-corrected chi connectivity index (χ4v) is 4.64. The Labute approximate surface area is 211 Å². The second-order valence-electron chi connectivity index (χ2n) is 10.3. The molecule has 0 aliphatic carbocycles. The number of benzene rings is 3. The Bertz CT molecular complexity index is 1530. The number of pyridine rings is 1. The second-order valence-corrected chi connectivity index (χ2v) is 10.3. The molecule has 0 atom stereocenters. The van der Waals surface area contributed by atoms with Gasteiger partial charge in [0, 0.05) is 23.3 Å². The van der Waals surface area contributed by atoms with Crippen LogP contribution in [0.25, 0.3) is 39.0 Å². The van der Waals surface area contributed by atoms with E-state index in [1.807, 2.05) is 28.9 Å². The first kappa shape index (κ1) is 22.7. The topological polar surface area (TPSA) is 49.2 Å². The highest BCUT2D eigenvalue weighted by Crippen LogP contribution is 2.37. The molecule has 36 heavy (non-hydrogen) atoms. The zero-order valence-corrected chi connectivity index (χ0v) is 21.0. The zero-order valence-electron chi connectivity index (χ0n) is 21.0. The van der Waals surface area contributed by atoms with Crippen molar-refractivity contribution in [1.29, 1.82) is 0 Å². The lowest BCUT2D eigenvalue weighted by atomic mass is 9.78. The van der Waals surface area contributed by atoms with Crippen molar-refractivity contribution in [1.82, 2.24) is 14.8 Å². The predicted molar refractivity (Wildman–Crippen MR) is 145 cm³/mol. The fraction of sp³-hybridized carbons (Fsp3) is 0.200. The number of hydrogen-bond donors (Lipinski definition) is 0. The Morgan fingerprint density at radius 1 is 0.694 bits per heavy atom. The van der Waals surface area contributed by atoms with Gasteiger partial charge >= 0.3 is 7.12 Å². The first-order valence-electron chi connectivity index (χ1n) is 12.3. The van der Waals surface area contributed by atoms with E-state index in [2.05, 4.69) is 93.3 Å². The van der Waals surface area contributed by atoms with Crippen molar-refractivity contribution in [3.63, 3.8) is 0 Å². The molecule has 0 saturated carbocycles. The van der Waals surface area contributed by atoms with Gasteiger partial charge in [-0.1, -0.05) is 60.7 Å². The highest BCUT2D eigenvalue weighted by atomic mass is 16.7. The molecule has 6 rings (SSSR count). The van der Waals surface area contributed by atoms with Crippen LogP contribution in [0.4, 0.5) is 0 Å². The second kappa shape index (κ2) is 8.44. The van der Waals surface area contributed by atoms with E-state index >= 15 is 0 Å². The lowest BCUT2D eigenvalue weighted by Gasteiger charge is -2.32. The molecular weight excluding hydrogens is 445 g/mol. The summed E-state index contributed by atoms with van der Waals surface area (Å²) in [5.41, 5.74) is 6.46. The van der Waals surface area contributed by atoms with Gasteiger partial charge in [-0.15, -0.1) is 0 Å². The molecule has 0 radical (unpaired) electrons. The normalized spacial score (nSPS) is 16.5. The highest BCUT2D eigenvalue weighted by molar-refractivity contribution is 6.62. The molecule has 0 spiro atoms. The maximum Gasteiger partial charge on any atom is 0.494 e. The Kier molecular flexibility index (Phi) is 5.32. The van der Waals surface area contributed by atoms with Crippen LogP contribution in [0.5, 0.6) is 0 Å². The average molecular weight is 473 g/mol. The number of fused-ring (bicyclic) bond motifs is 1. The predicted octanol–water partition coefficient (Wildman–Crippen LogP) is 6.05. The van der Waals surface area contributed by atoms with Gasteiger partial charge in [0.05, 0.1) is 22.4 Å². The Morgan fingerprint density at radius 2 is 1.39 bits per heavy atom. The van der Waals surface area contributed by atoms with Gasteiger partial charge in [-0.2, -0.15) is 5.10 Å². The van der Waals surface area contributed by atoms with Crippen LogP contribution in [0.15, 0.2) is 97.3 Å². The van der Waals surface area contributed by atoms with E-state index in [1.54, 1.807) is 12.4 Å². The van der Waals surface area contributed by atoms with Crippen LogP contribution in [0.3, 0.4) is 0 Å². The van der Waals surface area contributed by atoms with Crippen LogP contribution < -0.4 is 5.46 Å². The molecule has 5 aromatic rings. The molecule has 0 bridgehead atoms. The van der Waals surface area contributed by atoms with Crippen molar-refractivity contribution in [2.45, 2.75) is 38.9 Å². The van der Waals surface area contributed by atoms with Gasteiger partial charge < -0.3 is 9.31 Å². The SMILES string of the molecule is CC1(C)OB(c2cccc(-c3nn(-c4ccncc4)c4ccc(-c5ccccc5)cc34)c2)OC1(C)C. The monoisotopic (exact) mass is 473 g/mol. The molecule has 2 aromatic heterocycles. The lowest BCUT2D eigenvalue weighted by molar-refractivity contribution is 0.00578. The van der Waals surface area contributed by atoms with E-state index in [9.17, 15) is 0 Å². The van der Waals surface area contributed by atoms with Crippen LogP contribution in [0.1, 0.15) is 27.7 Å². The molecule has 6 heteroatoms. The number of nitrogens with zero attached hydrogens (tertiary/aromatic N) is 3. The molecule has 5 nitrogen and oxygen atoms in total. The van der Waals surface area contributed by atoms with Crippen molar-refractivity contribution >= 4 is 23.5 Å². The molecule has 0 unspecified atom stereocenters. The first-order chi connectivity index (χ1) is 17.3. The Balaban J connectivity index is 1.50. The summed E-state index contributed by atoms with van der Waals surface area (Å²) in [7, 11) is -0.427. The van der Waals surface area contributed by atoms with E-state index in [4.69, 9.17) is 14.4 Å². The maximum atomic E-state index is 6.33. The lowest BCUT2D eigenvalue weighted by Crippen LogP contribution is -2.41. The molecule has 1 aliphatic rings. The summed E-state index contributed by atoms with van der Waals surface area (Å²) in [5.74, 6) is 0.